The Hall–Kier alpha value is -0.940. The standard InChI is InChI=1S/C14H10Br2F2O/c15-12-5-9(6-13(16)14(12)19)2-1-8-3-10(17)7-11(18)4-8/h3-7,19H,1-2H2. The van der Waals surface area contributed by atoms with E-state index in [2.05, 4.69) is 31.9 Å². The maximum absolute atomic E-state index is 13.0. The van der Waals surface area contributed by atoms with Gasteiger partial charge in [-0.3, -0.25) is 0 Å². The summed E-state index contributed by atoms with van der Waals surface area (Å²) in [6.45, 7) is 0. The maximum atomic E-state index is 13.0. The highest BCUT2D eigenvalue weighted by atomic mass is 79.9. The number of aryl methyl sites for hydroxylation is 2. The molecule has 1 N–H and O–H groups in total. The first-order chi connectivity index (χ1) is 8.95. The molecule has 0 aliphatic rings. The van der Waals surface area contributed by atoms with Gasteiger partial charge < -0.3 is 5.11 Å². The second-order valence-electron chi connectivity index (χ2n) is 4.19. The molecule has 2 aromatic rings. The van der Waals surface area contributed by atoms with Crippen LogP contribution in [0.2, 0.25) is 0 Å². The molecule has 0 radical (unpaired) electrons. The summed E-state index contributed by atoms with van der Waals surface area (Å²) < 4.78 is 27.3. The van der Waals surface area contributed by atoms with Crippen LogP contribution in [0.25, 0.3) is 0 Å². The molecule has 2 rings (SSSR count). The van der Waals surface area contributed by atoms with Crippen molar-refractivity contribution in [2.75, 3.05) is 0 Å². The number of benzene rings is 2. The van der Waals surface area contributed by atoms with Crippen molar-refractivity contribution in [3.63, 3.8) is 0 Å². The van der Waals surface area contributed by atoms with Crippen molar-refractivity contribution >= 4 is 31.9 Å². The Labute approximate surface area is 126 Å². The molecule has 0 spiro atoms. The lowest BCUT2D eigenvalue weighted by Crippen LogP contribution is -1.94. The third-order valence-electron chi connectivity index (χ3n) is 2.70. The van der Waals surface area contributed by atoms with Crippen molar-refractivity contribution in [3.05, 3.63) is 62.0 Å². The fraction of sp³-hybridized carbons (Fsp3) is 0.143. The predicted molar refractivity (Wildman–Crippen MR) is 77.3 cm³/mol. The van der Waals surface area contributed by atoms with Gasteiger partial charge in [0.05, 0.1) is 8.95 Å². The molecule has 0 saturated heterocycles. The van der Waals surface area contributed by atoms with E-state index in [4.69, 9.17) is 0 Å². The minimum absolute atomic E-state index is 0.139. The molecule has 0 heterocycles. The van der Waals surface area contributed by atoms with Crippen molar-refractivity contribution in [1.82, 2.24) is 0 Å². The van der Waals surface area contributed by atoms with Crippen LogP contribution in [0, 0.1) is 11.6 Å². The summed E-state index contributed by atoms with van der Waals surface area (Å²) in [5, 5.41) is 9.60. The molecule has 0 saturated carbocycles. The average molecular weight is 392 g/mol. The zero-order valence-corrected chi connectivity index (χ0v) is 12.9. The summed E-state index contributed by atoms with van der Waals surface area (Å²) in [7, 11) is 0. The largest absolute Gasteiger partial charge is 0.506 e. The molecular formula is C14H10Br2F2O. The second-order valence-corrected chi connectivity index (χ2v) is 5.89. The molecule has 0 bridgehead atoms. The van der Waals surface area contributed by atoms with Gasteiger partial charge in [-0.1, -0.05) is 0 Å². The molecule has 0 unspecified atom stereocenters. The minimum Gasteiger partial charge on any atom is -0.506 e. The SMILES string of the molecule is Oc1c(Br)cc(CCc2cc(F)cc(F)c2)cc1Br. The van der Waals surface area contributed by atoms with Crippen LogP contribution in [-0.4, -0.2) is 5.11 Å². The van der Waals surface area contributed by atoms with Gasteiger partial charge >= 0.3 is 0 Å². The van der Waals surface area contributed by atoms with Crippen LogP contribution >= 0.6 is 31.9 Å². The van der Waals surface area contributed by atoms with Crippen LogP contribution in [-0.2, 0) is 12.8 Å². The van der Waals surface area contributed by atoms with E-state index in [9.17, 15) is 13.9 Å². The first-order valence-electron chi connectivity index (χ1n) is 5.57. The third-order valence-corrected chi connectivity index (χ3v) is 3.91. The van der Waals surface area contributed by atoms with Crippen molar-refractivity contribution in [3.8, 4) is 5.75 Å². The summed E-state index contributed by atoms with van der Waals surface area (Å²) in [6, 6.07) is 7.09. The van der Waals surface area contributed by atoms with Crippen molar-refractivity contribution in [2.45, 2.75) is 12.8 Å². The Balaban J connectivity index is 2.14. The molecule has 0 fully saturated rings. The number of aromatic hydroxyl groups is 1. The van der Waals surface area contributed by atoms with Gasteiger partial charge in [-0.15, -0.1) is 0 Å². The predicted octanol–water partition coefficient (Wildman–Crippen LogP) is 4.98. The normalized spacial score (nSPS) is 10.7. The van der Waals surface area contributed by atoms with Gasteiger partial charge in [-0.25, -0.2) is 8.78 Å². The quantitative estimate of drug-likeness (QED) is 0.782. The molecule has 0 aliphatic heterocycles. The number of phenols is 1. The highest BCUT2D eigenvalue weighted by Crippen LogP contribution is 2.33. The fourth-order valence-corrected chi connectivity index (χ4v) is 3.09. The van der Waals surface area contributed by atoms with Crippen molar-refractivity contribution in [1.29, 1.82) is 0 Å². The highest BCUT2D eigenvalue weighted by Gasteiger charge is 2.07. The lowest BCUT2D eigenvalue weighted by molar-refractivity contribution is 0.468. The third kappa shape index (κ3) is 3.76. The van der Waals surface area contributed by atoms with Gasteiger partial charge in [0.25, 0.3) is 0 Å². The average Bonchev–Trinajstić information content (AvgIpc) is 2.32. The van der Waals surface area contributed by atoms with Crippen LogP contribution < -0.4 is 0 Å². The van der Waals surface area contributed by atoms with Crippen molar-refractivity contribution in [2.24, 2.45) is 0 Å². The summed E-state index contributed by atoms with van der Waals surface area (Å²) in [6.07, 6.45) is 1.15. The maximum Gasteiger partial charge on any atom is 0.143 e. The smallest absolute Gasteiger partial charge is 0.143 e. The van der Waals surface area contributed by atoms with E-state index >= 15 is 0 Å². The molecule has 0 aromatic heterocycles. The Morgan fingerprint density at radius 3 is 1.68 bits per heavy atom. The molecule has 0 atom stereocenters. The summed E-state index contributed by atoms with van der Waals surface area (Å²) in [5.41, 5.74) is 1.57. The van der Waals surface area contributed by atoms with E-state index in [1.807, 2.05) is 0 Å². The van der Waals surface area contributed by atoms with E-state index in [1.165, 1.54) is 12.1 Å². The first-order valence-corrected chi connectivity index (χ1v) is 7.16. The molecule has 0 aliphatic carbocycles. The number of phenolic OH excluding ortho intramolecular Hbond substituents is 1. The van der Waals surface area contributed by atoms with Gasteiger partial charge in [0, 0.05) is 6.07 Å². The Morgan fingerprint density at radius 2 is 1.21 bits per heavy atom. The van der Waals surface area contributed by atoms with Crippen LogP contribution in [0.3, 0.4) is 0 Å². The lowest BCUT2D eigenvalue weighted by Gasteiger charge is -2.06. The number of rotatable bonds is 3. The van der Waals surface area contributed by atoms with Crippen molar-refractivity contribution < 1.29 is 13.9 Å². The number of halogens is 4. The van der Waals surface area contributed by atoms with Gasteiger partial charge in [-0.05, 0) is 80.1 Å². The lowest BCUT2D eigenvalue weighted by atomic mass is 10.0. The van der Waals surface area contributed by atoms with E-state index < -0.39 is 11.6 Å². The summed E-state index contributed by atoms with van der Waals surface area (Å²) in [5.74, 6) is -0.994. The number of hydrogen-bond donors (Lipinski definition) is 1. The van der Waals surface area contributed by atoms with E-state index in [0.717, 1.165) is 11.6 Å². The van der Waals surface area contributed by atoms with E-state index in [0.29, 0.717) is 27.4 Å². The topological polar surface area (TPSA) is 20.2 Å². The Morgan fingerprint density at radius 1 is 0.789 bits per heavy atom. The Bertz CT molecular complexity index is 571. The monoisotopic (exact) mass is 390 g/mol. The van der Waals surface area contributed by atoms with E-state index in [1.54, 1.807) is 12.1 Å². The zero-order valence-electron chi connectivity index (χ0n) is 9.76. The molecular weight excluding hydrogens is 382 g/mol. The molecule has 1 nitrogen and oxygen atoms in total. The van der Waals surface area contributed by atoms with Gasteiger partial charge in [-0.2, -0.15) is 0 Å². The van der Waals surface area contributed by atoms with Gasteiger partial charge in [0.15, 0.2) is 0 Å². The number of hydrogen-bond acceptors (Lipinski definition) is 1. The highest BCUT2D eigenvalue weighted by molar-refractivity contribution is 9.11. The first kappa shape index (κ1) is 14.5. The molecule has 2 aromatic carbocycles. The zero-order chi connectivity index (χ0) is 14.0. The molecule has 0 amide bonds. The van der Waals surface area contributed by atoms with Gasteiger partial charge in [0.2, 0.25) is 0 Å². The summed E-state index contributed by atoms with van der Waals surface area (Å²) >= 11 is 6.49. The van der Waals surface area contributed by atoms with Crippen LogP contribution in [0.1, 0.15) is 11.1 Å². The van der Waals surface area contributed by atoms with Crippen LogP contribution in [0.15, 0.2) is 39.3 Å². The minimum atomic E-state index is -0.567. The van der Waals surface area contributed by atoms with E-state index in [-0.39, 0.29) is 5.75 Å². The molecule has 19 heavy (non-hydrogen) atoms. The van der Waals surface area contributed by atoms with Gasteiger partial charge in [0.1, 0.15) is 17.4 Å². The molecule has 5 heteroatoms. The Kier molecular flexibility index (Phi) is 4.58. The summed E-state index contributed by atoms with van der Waals surface area (Å²) in [4.78, 5) is 0. The molecule has 100 valence electrons. The second kappa shape index (κ2) is 6.01. The fourth-order valence-electron chi connectivity index (χ4n) is 1.81. The van der Waals surface area contributed by atoms with Crippen LogP contribution in [0.5, 0.6) is 5.75 Å². The van der Waals surface area contributed by atoms with Crippen LogP contribution in [0.4, 0.5) is 8.78 Å².